The van der Waals surface area contributed by atoms with E-state index in [-0.39, 0.29) is 97.8 Å². The molecule has 0 radical (unpaired) electrons. The highest BCUT2D eigenvalue weighted by atomic mass is 32.2. The van der Waals surface area contributed by atoms with Crippen molar-refractivity contribution in [3.8, 4) is 23.0 Å². The van der Waals surface area contributed by atoms with Crippen LogP contribution in [0.15, 0.2) is 189 Å². The number of aromatic hydroxyl groups is 1. The number of ether oxygens (including phenoxy) is 3. The third kappa shape index (κ3) is 18.8. The lowest BCUT2D eigenvalue weighted by molar-refractivity contribution is 0.101. The van der Waals surface area contributed by atoms with Crippen LogP contribution in [0.1, 0.15) is 55.8 Å². The number of phenols is 1. The third-order valence-electron chi connectivity index (χ3n) is 14.7. The maximum Gasteiger partial charge on any atom is 0.296 e. The third-order valence-corrected chi connectivity index (χ3v) is 18.9. The molecular formula is C63H59N11O21S5. The fourth-order valence-electron chi connectivity index (χ4n) is 9.70. The number of methoxy groups -OCH3 is 1. The highest BCUT2D eigenvalue weighted by Gasteiger charge is 2.26. The van der Waals surface area contributed by atoms with Crippen LogP contribution in [-0.2, 0) is 50.6 Å². The molecule has 0 spiro atoms. The van der Waals surface area contributed by atoms with Gasteiger partial charge in [-0.05, 0) is 189 Å². The average molecular weight is 1470 g/mol. The van der Waals surface area contributed by atoms with E-state index in [2.05, 4.69) is 51.5 Å². The molecule has 100 heavy (non-hydrogen) atoms. The van der Waals surface area contributed by atoms with E-state index < -0.39 is 112 Å². The molecule has 9 aromatic rings. The van der Waals surface area contributed by atoms with Gasteiger partial charge in [-0.3, -0.25) is 32.4 Å². The van der Waals surface area contributed by atoms with E-state index in [1.54, 1.807) is 64.1 Å². The lowest BCUT2D eigenvalue weighted by Crippen LogP contribution is -2.16. The monoisotopic (exact) mass is 1470 g/mol. The summed E-state index contributed by atoms with van der Waals surface area (Å²) in [6, 6.07) is 30.3. The molecule has 0 aromatic heterocycles. The molecule has 0 heterocycles. The second kappa shape index (κ2) is 29.8. The van der Waals surface area contributed by atoms with Crippen molar-refractivity contribution < 1.29 is 93.8 Å². The largest absolute Gasteiger partial charge is 0.505 e. The molecule has 0 unspecified atom stereocenters. The van der Waals surface area contributed by atoms with Crippen molar-refractivity contribution in [2.45, 2.75) is 55.2 Å². The number of carbonyl (C=O) groups is 2. The number of amides is 2. The van der Waals surface area contributed by atoms with Crippen LogP contribution in [0.5, 0.6) is 23.0 Å². The van der Waals surface area contributed by atoms with Crippen LogP contribution in [0.3, 0.4) is 0 Å². The Labute approximate surface area is 571 Å². The number of azo groups is 4. The summed E-state index contributed by atoms with van der Waals surface area (Å²) in [6.07, 6.45) is -0.389. The van der Waals surface area contributed by atoms with Gasteiger partial charge in [-0.25, -0.2) is 0 Å². The van der Waals surface area contributed by atoms with Crippen molar-refractivity contribution in [2.75, 3.05) is 48.2 Å². The van der Waals surface area contributed by atoms with Crippen LogP contribution < -0.4 is 30.6 Å². The number of nitrogens with one attached hydrogen (secondary N) is 2. The van der Waals surface area contributed by atoms with Crippen LogP contribution >= 0.6 is 0 Å². The van der Waals surface area contributed by atoms with Gasteiger partial charge in [-0.2, -0.15) is 67.7 Å². The number of aryl methyl sites for hydroxylation is 4. The molecule has 9 aromatic carbocycles. The first-order chi connectivity index (χ1) is 46.9. The van der Waals surface area contributed by atoms with Crippen molar-refractivity contribution in [3.63, 3.8) is 0 Å². The van der Waals surface area contributed by atoms with E-state index in [9.17, 15) is 75.0 Å². The standard InChI is InChI=1S/C63H59N11O21S5/c1-34-22-43(13-15-46(34)63(77)66-54-31-48-40(28-58(54)99(87,88)89)27-45(98(84,85)86)30-55(48)94-18-6-20-96(78,79)80)67-69-49-17-14-44(23-35(49)2)68-70-51-33-57(95-19-7-21-97(81,82)83)53(25-37(51)4)72-71-50-32-56(93-5)52(24-36(50)3)73-74-60-59(100(90,91)92)29-39-26-42(12-16-47(39)61(60)75)65-62(76)38-8-10-41(64)11-9-38/h8-17,22-33,75H,6-7,18-21,64H2,1-5H3,(H,65,76)(H,66,77)(H,78,79,80)(H,81,82,83)(H,84,85,86)(H,87,88,89)(H,90,91,92). The van der Waals surface area contributed by atoms with Gasteiger partial charge in [0.05, 0.1) is 70.8 Å². The second-order valence-corrected chi connectivity index (χ2v) is 29.5. The van der Waals surface area contributed by atoms with Crippen LogP contribution in [0.25, 0.3) is 21.5 Å². The lowest BCUT2D eigenvalue weighted by Gasteiger charge is -2.16. The Balaban J connectivity index is 0.912. The molecule has 37 heteroatoms. The zero-order chi connectivity index (χ0) is 72.8. The summed E-state index contributed by atoms with van der Waals surface area (Å²) in [4.78, 5) is 24.3. The van der Waals surface area contributed by atoms with Crippen molar-refractivity contribution >= 4 is 147 Å². The van der Waals surface area contributed by atoms with Gasteiger partial charge in [0.25, 0.3) is 62.4 Å². The number of rotatable bonds is 26. The summed E-state index contributed by atoms with van der Waals surface area (Å²) in [5.41, 5.74) is 9.33. The minimum atomic E-state index is -5.13. The second-order valence-electron chi connectivity index (χ2n) is 22.1. The molecule has 0 fully saturated rings. The van der Waals surface area contributed by atoms with Crippen LogP contribution in [0, 0.1) is 27.7 Å². The molecule has 0 saturated carbocycles. The van der Waals surface area contributed by atoms with Gasteiger partial charge in [-0.1, -0.05) is 0 Å². The predicted molar refractivity (Wildman–Crippen MR) is 367 cm³/mol. The summed E-state index contributed by atoms with van der Waals surface area (Å²) in [5, 5.41) is 51.1. The zero-order valence-electron chi connectivity index (χ0n) is 52.9. The molecule has 10 N–H and O–H groups in total. The molecular weight excluding hydrogens is 1410 g/mol. The molecule has 0 bridgehead atoms. The van der Waals surface area contributed by atoms with Gasteiger partial charge >= 0.3 is 0 Å². The van der Waals surface area contributed by atoms with Gasteiger partial charge in [0.1, 0.15) is 44.1 Å². The normalized spacial score (nSPS) is 12.5. The number of hydrogen-bond donors (Lipinski definition) is 9. The van der Waals surface area contributed by atoms with Crippen molar-refractivity contribution in [2.24, 2.45) is 40.9 Å². The summed E-state index contributed by atoms with van der Waals surface area (Å²) in [5.74, 6) is -3.51. The number of benzene rings is 9. The van der Waals surface area contributed by atoms with Gasteiger partial charge in [0.15, 0.2) is 5.75 Å². The van der Waals surface area contributed by atoms with Crippen molar-refractivity contribution in [3.05, 3.63) is 167 Å². The molecule has 0 atom stereocenters. The fourth-order valence-corrected chi connectivity index (χ4v) is 12.5. The maximum atomic E-state index is 13.8. The van der Waals surface area contributed by atoms with Crippen LogP contribution in [0.4, 0.5) is 62.6 Å². The minimum absolute atomic E-state index is 0.0199. The Bertz CT molecular complexity index is 5530. The Hall–Kier alpha value is -10.6. The smallest absolute Gasteiger partial charge is 0.296 e. The highest BCUT2D eigenvalue weighted by molar-refractivity contribution is 7.87. The Morgan fingerprint density at radius 2 is 0.980 bits per heavy atom. The predicted octanol–water partition coefficient (Wildman–Crippen LogP) is 13.7. The number of nitrogen functional groups attached to an aromatic ring is 1. The van der Waals surface area contributed by atoms with Gasteiger partial charge in [0, 0.05) is 51.5 Å². The van der Waals surface area contributed by atoms with Crippen molar-refractivity contribution in [1.82, 2.24) is 0 Å². The van der Waals surface area contributed by atoms with Gasteiger partial charge < -0.3 is 35.7 Å². The number of carbonyl (C=O) groups excluding carboxylic acids is 2. The molecule has 0 saturated heterocycles. The van der Waals surface area contributed by atoms with E-state index in [1.807, 2.05) is 0 Å². The SMILES string of the molecule is COc1cc(N=Nc2cc(C)c(N=Nc3ccc(N=Nc4ccc(C(=O)Nc5cc6c(OCCCS(=O)(=O)O)cc(S(=O)(=O)O)cc6cc5S(=O)(=O)O)c(C)c4)c(C)c3)cc2OCCCS(=O)(=O)O)c(C)cc1N=Nc1c(S(=O)(=O)O)cc2cc(NC(=O)c3ccc(N)cc3)ccc2c1O. The topological polar surface area (TPSA) is 503 Å². The summed E-state index contributed by atoms with van der Waals surface area (Å²) in [7, 11) is -22.5. The van der Waals surface area contributed by atoms with Crippen LogP contribution in [0.2, 0.25) is 0 Å². The molecule has 32 nitrogen and oxygen atoms in total. The summed E-state index contributed by atoms with van der Waals surface area (Å²) < 4.78 is 187. The van der Waals surface area contributed by atoms with E-state index in [1.165, 1.54) is 73.8 Å². The number of fused-ring (bicyclic) bond motifs is 2. The first-order valence-corrected chi connectivity index (χ1v) is 36.6. The summed E-state index contributed by atoms with van der Waals surface area (Å²) >= 11 is 0. The zero-order valence-corrected chi connectivity index (χ0v) is 57.0. The minimum Gasteiger partial charge on any atom is -0.505 e. The Morgan fingerprint density at radius 3 is 1.56 bits per heavy atom. The Kier molecular flexibility index (Phi) is 22.0. The maximum absolute atomic E-state index is 13.8. The molecule has 2 amide bonds. The lowest BCUT2D eigenvalue weighted by atomic mass is 10.1. The first-order valence-electron chi connectivity index (χ1n) is 29.1. The van der Waals surface area contributed by atoms with E-state index in [4.69, 9.17) is 24.5 Å². The quantitative estimate of drug-likeness (QED) is 0.0105. The molecule has 0 aliphatic heterocycles. The molecule has 9 rings (SSSR count). The molecule has 0 aliphatic rings. The number of hydrogen-bond acceptors (Lipinski definition) is 25. The number of nitrogens with zero attached hydrogens (tertiary/aromatic N) is 8. The van der Waals surface area contributed by atoms with E-state index in [0.717, 1.165) is 30.3 Å². The molecule has 522 valence electrons. The fraction of sp³-hybridized carbons (Fsp3) is 0.175. The van der Waals surface area contributed by atoms with Gasteiger partial charge in [-0.15, -0.1) is 15.3 Å². The Morgan fingerprint density at radius 1 is 0.460 bits per heavy atom. The van der Waals surface area contributed by atoms with Gasteiger partial charge in [0.2, 0.25) is 0 Å². The number of nitrogens with two attached hydrogens (primary N) is 1. The average Bonchev–Trinajstić information content (AvgIpc) is 0.761. The number of anilines is 3. The summed E-state index contributed by atoms with van der Waals surface area (Å²) in [6.45, 7) is 6.03. The first kappa shape index (κ1) is 73.6. The van der Waals surface area contributed by atoms with E-state index in [0.29, 0.717) is 45.0 Å². The highest BCUT2D eigenvalue weighted by Crippen LogP contribution is 2.45. The number of phenolic OH excluding ortho intramolecular Hbond substituents is 1. The molecule has 0 aliphatic carbocycles. The van der Waals surface area contributed by atoms with E-state index >= 15 is 0 Å². The van der Waals surface area contributed by atoms with Crippen LogP contribution in [-0.4, -0.2) is 114 Å². The van der Waals surface area contributed by atoms with Crippen molar-refractivity contribution in [1.29, 1.82) is 0 Å².